The van der Waals surface area contributed by atoms with Crippen molar-refractivity contribution in [3.8, 4) is 5.75 Å². The maximum absolute atomic E-state index is 12.0. The topological polar surface area (TPSA) is 64.1 Å². The Morgan fingerprint density at radius 3 is 2.62 bits per heavy atom. The summed E-state index contributed by atoms with van der Waals surface area (Å²) in [7, 11) is 0. The van der Waals surface area contributed by atoms with E-state index >= 15 is 0 Å². The number of nitrogens with one attached hydrogen (secondary N) is 1. The maximum Gasteiger partial charge on any atom is 0.226 e. The van der Waals surface area contributed by atoms with Gasteiger partial charge < -0.3 is 10.1 Å². The zero-order valence-corrected chi connectivity index (χ0v) is 15.5. The summed E-state index contributed by atoms with van der Waals surface area (Å²) in [6.07, 6.45) is 1.76. The van der Waals surface area contributed by atoms with Crippen LogP contribution in [0.25, 0.3) is 0 Å². The third kappa shape index (κ3) is 5.67. The Labute approximate surface area is 157 Å². The van der Waals surface area contributed by atoms with Crippen LogP contribution in [0.3, 0.4) is 0 Å². The number of aromatic nitrogens is 2. The quantitative estimate of drug-likeness (QED) is 0.605. The van der Waals surface area contributed by atoms with E-state index in [1.807, 2.05) is 61.5 Å². The fourth-order valence-corrected chi connectivity index (χ4v) is 3.18. The number of rotatable bonds is 8. The molecule has 0 aliphatic rings. The Morgan fingerprint density at radius 1 is 1.08 bits per heavy atom. The van der Waals surface area contributed by atoms with Crippen molar-refractivity contribution in [2.75, 3.05) is 11.9 Å². The van der Waals surface area contributed by atoms with Crippen LogP contribution in [0.1, 0.15) is 29.0 Å². The molecule has 0 fully saturated rings. The van der Waals surface area contributed by atoms with Crippen molar-refractivity contribution in [1.82, 2.24) is 10.2 Å². The minimum Gasteiger partial charge on any atom is -0.494 e. The number of aryl methyl sites for hydroxylation is 1. The van der Waals surface area contributed by atoms with E-state index in [9.17, 15) is 4.79 Å². The molecule has 1 N–H and O–H groups in total. The van der Waals surface area contributed by atoms with Crippen LogP contribution < -0.4 is 10.1 Å². The highest BCUT2D eigenvalue weighted by Gasteiger charge is 2.09. The molecule has 0 saturated heterocycles. The van der Waals surface area contributed by atoms with Gasteiger partial charge in [-0.25, -0.2) is 0 Å². The molecule has 0 radical (unpaired) electrons. The van der Waals surface area contributed by atoms with Gasteiger partial charge in [-0.15, -0.1) is 10.2 Å². The molecule has 5 nitrogen and oxygen atoms in total. The first-order valence-electron chi connectivity index (χ1n) is 8.55. The summed E-state index contributed by atoms with van der Waals surface area (Å²) in [5.41, 5.74) is 2.37. The molecule has 3 aromatic rings. The van der Waals surface area contributed by atoms with Crippen LogP contribution in [0.2, 0.25) is 0 Å². The summed E-state index contributed by atoms with van der Waals surface area (Å²) in [5.74, 6) is 0.755. The maximum atomic E-state index is 12.0. The van der Waals surface area contributed by atoms with Gasteiger partial charge in [0.05, 0.1) is 6.61 Å². The smallest absolute Gasteiger partial charge is 0.226 e. The first-order valence-corrected chi connectivity index (χ1v) is 9.36. The highest BCUT2D eigenvalue weighted by molar-refractivity contribution is 7.15. The average molecular weight is 367 g/mol. The molecule has 3 rings (SSSR count). The molecular formula is C20H21N3O2S. The largest absolute Gasteiger partial charge is 0.494 e. The van der Waals surface area contributed by atoms with Gasteiger partial charge in [0.2, 0.25) is 11.0 Å². The predicted octanol–water partition coefficient (Wildman–Crippen LogP) is 4.24. The molecule has 0 unspecified atom stereocenters. The molecule has 6 heteroatoms. The summed E-state index contributed by atoms with van der Waals surface area (Å²) in [6, 6.07) is 18.0. The van der Waals surface area contributed by atoms with Crippen LogP contribution in [0.4, 0.5) is 5.13 Å². The SMILES string of the molecule is Cc1ccc(OCCCC(=O)Nc2nnc(Cc3ccccc3)s2)cc1. The molecule has 0 bridgehead atoms. The number of hydrogen-bond acceptors (Lipinski definition) is 5. The van der Waals surface area contributed by atoms with Crippen LogP contribution in [0.5, 0.6) is 5.75 Å². The molecule has 0 atom stereocenters. The lowest BCUT2D eigenvalue weighted by atomic mass is 10.2. The van der Waals surface area contributed by atoms with Crippen LogP contribution in [-0.4, -0.2) is 22.7 Å². The third-order valence-electron chi connectivity index (χ3n) is 3.75. The fourth-order valence-electron chi connectivity index (χ4n) is 2.39. The van der Waals surface area contributed by atoms with Gasteiger partial charge in [-0.2, -0.15) is 0 Å². The zero-order valence-electron chi connectivity index (χ0n) is 14.6. The first kappa shape index (κ1) is 18.1. The normalized spacial score (nSPS) is 10.5. The molecule has 0 saturated carbocycles. The van der Waals surface area contributed by atoms with Crippen molar-refractivity contribution in [2.45, 2.75) is 26.2 Å². The summed E-state index contributed by atoms with van der Waals surface area (Å²) in [4.78, 5) is 12.0. The van der Waals surface area contributed by atoms with E-state index in [2.05, 4.69) is 15.5 Å². The highest BCUT2D eigenvalue weighted by atomic mass is 32.1. The second-order valence-electron chi connectivity index (χ2n) is 5.98. The molecule has 1 aromatic heterocycles. The lowest BCUT2D eigenvalue weighted by Gasteiger charge is -2.06. The van der Waals surface area contributed by atoms with Crippen molar-refractivity contribution in [2.24, 2.45) is 0 Å². The molecule has 1 heterocycles. The Bertz CT molecular complexity index is 832. The van der Waals surface area contributed by atoms with Gasteiger partial charge in [0.15, 0.2) is 0 Å². The highest BCUT2D eigenvalue weighted by Crippen LogP contribution is 2.19. The second kappa shape index (κ2) is 9.10. The Balaban J connectivity index is 1.39. The lowest BCUT2D eigenvalue weighted by Crippen LogP contribution is -2.12. The van der Waals surface area contributed by atoms with Gasteiger partial charge in [-0.1, -0.05) is 59.4 Å². The third-order valence-corrected chi connectivity index (χ3v) is 4.59. The van der Waals surface area contributed by atoms with Gasteiger partial charge >= 0.3 is 0 Å². The van der Waals surface area contributed by atoms with Gasteiger partial charge in [-0.05, 0) is 31.0 Å². The summed E-state index contributed by atoms with van der Waals surface area (Å²) in [6.45, 7) is 2.54. The Kier molecular flexibility index (Phi) is 6.33. The standard InChI is InChI=1S/C20H21N3O2S/c1-15-9-11-17(12-10-15)25-13-5-8-18(24)21-20-23-22-19(26-20)14-16-6-3-2-4-7-16/h2-4,6-7,9-12H,5,8,13-14H2,1H3,(H,21,23,24). The van der Waals surface area contributed by atoms with E-state index in [4.69, 9.17) is 4.74 Å². The van der Waals surface area contributed by atoms with Crippen LogP contribution in [0, 0.1) is 6.92 Å². The number of anilines is 1. The van der Waals surface area contributed by atoms with Crippen LogP contribution >= 0.6 is 11.3 Å². The Hall–Kier alpha value is -2.73. The van der Waals surface area contributed by atoms with E-state index in [0.29, 0.717) is 24.6 Å². The summed E-state index contributed by atoms with van der Waals surface area (Å²) < 4.78 is 5.63. The van der Waals surface area contributed by atoms with E-state index in [1.54, 1.807) is 0 Å². The number of benzene rings is 2. The minimum absolute atomic E-state index is 0.0695. The van der Waals surface area contributed by atoms with Crippen molar-refractivity contribution < 1.29 is 9.53 Å². The first-order chi connectivity index (χ1) is 12.7. The lowest BCUT2D eigenvalue weighted by molar-refractivity contribution is -0.116. The van der Waals surface area contributed by atoms with Crippen LogP contribution in [-0.2, 0) is 11.2 Å². The minimum atomic E-state index is -0.0695. The number of carbonyl (C=O) groups is 1. The van der Waals surface area contributed by atoms with Gasteiger partial charge in [0.25, 0.3) is 0 Å². The summed E-state index contributed by atoms with van der Waals surface area (Å²) in [5, 5.41) is 12.4. The fraction of sp³-hybridized carbons (Fsp3) is 0.250. The number of nitrogens with zero attached hydrogens (tertiary/aromatic N) is 2. The molecule has 0 aliphatic carbocycles. The van der Waals surface area contributed by atoms with E-state index in [0.717, 1.165) is 17.2 Å². The average Bonchev–Trinajstić information content (AvgIpc) is 3.08. The van der Waals surface area contributed by atoms with Crippen molar-refractivity contribution in [3.63, 3.8) is 0 Å². The zero-order chi connectivity index (χ0) is 18.2. The van der Waals surface area contributed by atoms with Crippen molar-refractivity contribution >= 4 is 22.4 Å². The van der Waals surface area contributed by atoms with Crippen molar-refractivity contribution in [3.05, 3.63) is 70.7 Å². The molecule has 2 aromatic carbocycles. The number of carbonyl (C=O) groups excluding carboxylic acids is 1. The summed E-state index contributed by atoms with van der Waals surface area (Å²) >= 11 is 1.41. The van der Waals surface area contributed by atoms with E-state index in [1.165, 1.54) is 22.5 Å². The molecule has 26 heavy (non-hydrogen) atoms. The van der Waals surface area contributed by atoms with Gasteiger partial charge in [-0.3, -0.25) is 4.79 Å². The predicted molar refractivity (Wildman–Crippen MR) is 104 cm³/mol. The van der Waals surface area contributed by atoms with E-state index < -0.39 is 0 Å². The molecule has 0 aliphatic heterocycles. The molecule has 1 amide bonds. The molecule has 0 spiro atoms. The second-order valence-corrected chi connectivity index (χ2v) is 7.04. The molecule has 134 valence electrons. The Morgan fingerprint density at radius 2 is 1.85 bits per heavy atom. The molecular weight excluding hydrogens is 346 g/mol. The van der Waals surface area contributed by atoms with Gasteiger partial charge in [0, 0.05) is 12.8 Å². The van der Waals surface area contributed by atoms with Crippen LogP contribution in [0.15, 0.2) is 54.6 Å². The number of ether oxygens (including phenoxy) is 1. The van der Waals surface area contributed by atoms with Gasteiger partial charge in [0.1, 0.15) is 10.8 Å². The van der Waals surface area contributed by atoms with Crippen molar-refractivity contribution in [1.29, 1.82) is 0 Å². The monoisotopic (exact) mass is 367 g/mol. The van der Waals surface area contributed by atoms with E-state index in [-0.39, 0.29) is 5.91 Å². The number of amides is 1. The number of hydrogen-bond donors (Lipinski definition) is 1.